The highest BCUT2D eigenvalue weighted by molar-refractivity contribution is 7.89. The zero-order valence-corrected chi connectivity index (χ0v) is 12.3. The van der Waals surface area contributed by atoms with E-state index < -0.39 is 10.0 Å². The lowest BCUT2D eigenvalue weighted by molar-refractivity contribution is 0.581. The van der Waals surface area contributed by atoms with Crippen LogP contribution in [0, 0.1) is 0 Å². The van der Waals surface area contributed by atoms with Gasteiger partial charge in [0.15, 0.2) is 0 Å². The second kappa shape index (κ2) is 5.94. The van der Waals surface area contributed by atoms with Gasteiger partial charge in [-0.15, -0.1) is 11.3 Å². The predicted octanol–water partition coefficient (Wildman–Crippen LogP) is 2.01. The van der Waals surface area contributed by atoms with E-state index in [9.17, 15) is 8.42 Å². The van der Waals surface area contributed by atoms with Gasteiger partial charge in [-0.2, -0.15) is 11.3 Å². The Balaban J connectivity index is 2.05. The van der Waals surface area contributed by atoms with Crippen molar-refractivity contribution in [2.24, 2.45) is 0 Å². The van der Waals surface area contributed by atoms with E-state index in [-0.39, 0.29) is 0 Å². The zero-order valence-electron chi connectivity index (χ0n) is 9.84. The minimum atomic E-state index is -3.40. The first-order valence-corrected chi connectivity index (χ1v) is 8.65. The highest BCUT2D eigenvalue weighted by atomic mass is 32.2. The minimum absolute atomic E-state index is 0.336. The van der Waals surface area contributed by atoms with Crippen molar-refractivity contribution >= 4 is 32.7 Å². The van der Waals surface area contributed by atoms with Crippen LogP contribution in [0.1, 0.15) is 10.4 Å². The molecular formula is C11H14N2O2S3. The fourth-order valence-electron chi connectivity index (χ4n) is 1.42. The van der Waals surface area contributed by atoms with Gasteiger partial charge in [-0.3, -0.25) is 0 Å². The maximum absolute atomic E-state index is 12.0. The molecule has 2 aromatic rings. The molecule has 0 aliphatic carbocycles. The van der Waals surface area contributed by atoms with Crippen molar-refractivity contribution in [3.63, 3.8) is 0 Å². The third kappa shape index (κ3) is 3.39. The van der Waals surface area contributed by atoms with Gasteiger partial charge in [0.1, 0.15) is 0 Å². The third-order valence-electron chi connectivity index (χ3n) is 2.34. The molecule has 7 heteroatoms. The molecule has 4 nitrogen and oxygen atoms in total. The summed E-state index contributed by atoms with van der Waals surface area (Å²) in [5, 5.41) is 8.53. The van der Waals surface area contributed by atoms with Crippen LogP contribution in [-0.2, 0) is 23.1 Å². The van der Waals surface area contributed by atoms with Crippen LogP contribution in [0.4, 0.5) is 0 Å². The van der Waals surface area contributed by atoms with Crippen molar-refractivity contribution in [1.82, 2.24) is 10.0 Å². The molecule has 0 aromatic carbocycles. The first-order chi connectivity index (χ1) is 8.62. The van der Waals surface area contributed by atoms with E-state index in [0.29, 0.717) is 18.0 Å². The number of hydrogen-bond donors (Lipinski definition) is 2. The van der Waals surface area contributed by atoms with E-state index in [4.69, 9.17) is 0 Å². The molecule has 0 aliphatic rings. The number of sulfonamides is 1. The summed E-state index contributed by atoms with van der Waals surface area (Å²) in [6, 6.07) is 3.62. The van der Waals surface area contributed by atoms with E-state index in [1.165, 1.54) is 11.3 Å². The van der Waals surface area contributed by atoms with Crippen LogP contribution >= 0.6 is 22.7 Å². The molecule has 0 saturated carbocycles. The molecule has 0 aliphatic heterocycles. The number of rotatable bonds is 6. The van der Waals surface area contributed by atoms with Crippen molar-refractivity contribution in [2.45, 2.75) is 18.0 Å². The van der Waals surface area contributed by atoms with Gasteiger partial charge in [-0.25, -0.2) is 13.1 Å². The molecule has 18 heavy (non-hydrogen) atoms. The topological polar surface area (TPSA) is 58.2 Å². The van der Waals surface area contributed by atoms with Crippen LogP contribution in [0.5, 0.6) is 0 Å². The highest BCUT2D eigenvalue weighted by Gasteiger charge is 2.15. The lowest BCUT2D eigenvalue weighted by Crippen LogP contribution is -2.22. The Morgan fingerprint density at radius 2 is 2.11 bits per heavy atom. The SMILES string of the molecule is CNCc1cc(S(=O)(=O)NCc2ccsc2)cs1. The Hall–Kier alpha value is -0.730. The van der Waals surface area contributed by atoms with Crippen LogP contribution in [0.15, 0.2) is 33.2 Å². The van der Waals surface area contributed by atoms with E-state index in [0.717, 1.165) is 10.4 Å². The van der Waals surface area contributed by atoms with E-state index in [2.05, 4.69) is 10.0 Å². The fourth-order valence-corrected chi connectivity index (χ4v) is 4.40. The summed E-state index contributed by atoms with van der Waals surface area (Å²) in [5.74, 6) is 0. The van der Waals surface area contributed by atoms with Gasteiger partial charge in [0, 0.05) is 23.3 Å². The smallest absolute Gasteiger partial charge is 0.241 e. The average Bonchev–Trinajstić information content (AvgIpc) is 2.98. The van der Waals surface area contributed by atoms with E-state index >= 15 is 0 Å². The monoisotopic (exact) mass is 302 g/mol. The van der Waals surface area contributed by atoms with Crippen molar-refractivity contribution < 1.29 is 8.42 Å². The van der Waals surface area contributed by atoms with Crippen molar-refractivity contribution in [3.05, 3.63) is 38.7 Å². The molecule has 2 aromatic heterocycles. The summed E-state index contributed by atoms with van der Waals surface area (Å²) < 4.78 is 26.6. The summed E-state index contributed by atoms with van der Waals surface area (Å²) in [6.07, 6.45) is 0. The summed E-state index contributed by atoms with van der Waals surface area (Å²) >= 11 is 3.00. The maximum Gasteiger partial charge on any atom is 0.241 e. The Labute approximate surface area is 115 Å². The molecule has 0 radical (unpaired) electrons. The molecule has 0 amide bonds. The molecule has 2 heterocycles. The predicted molar refractivity (Wildman–Crippen MR) is 75.4 cm³/mol. The van der Waals surface area contributed by atoms with Gasteiger partial charge in [0.05, 0.1) is 4.90 Å². The summed E-state index contributed by atoms with van der Waals surface area (Å²) in [4.78, 5) is 1.35. The van der Waals surface area contributed by atoms with Gasteiger partial charge >= 0.3 is 0 Å². The lowest BCUT2D eigenvalue weighted by atomic mass is 10.4. The molecule has 0 unspecified atom stereocenters. The highest BCUT2D eigenvalue weighted by Crippen LogP contribution is 2.19. The van der Waals surface area contributed by atoms with Gasteiger partial charge < -0.3 is 5.32 Å². The second-order valence-corrected chi connectivity index (χ2v) is 7.28. The minimum Gasteiger partial charge on any atom is -0.315 e. The zero-order chi connectivity index (χ0) is 13.0. The van der Waals surface area contributed by atoms with Gasteiger partial charge in [-0.1, -0.05) is 0 Å². The van der Waals surface area contributed by atoms with Crippen LogP contribution in [0.3, 0.4) is 0 Å². The third-order valence-corrected chi connectivity index (χ3v) is 5.54. The summed E-state index contributed by atoms with van der Waals surface area (Å²) in [6.45, 7) is 1.02. The van der Waals surface area contributed by atoms with E-state index in [1.54, 1.807) is 22.8 Å². The normalized spacial score (nSPS) is 11.8. The largest absolute Gasteiger partial charge is 0.315 e. The molecule has 0 spiro atoms. The molecular weight excluding hydrogens is 288 g/mol. The molecule has 0 saturated heterocycles. The Kier molecular flexibility index (Phi) is 4.52. The molecule has 0 atom stereocenters. The Bertz CT molecular complexity index is 588. The molecule has 2 rings (SSSR count). The second-order valence-electron chi connectivity index (χ2n) is 3.74. The van der Waals surface area contributed by atoms with Crippen LogP contribution in [0.2, 0.25) is 0 Å². The van der Waals surface area contributed by atoms with Crippen molar-refractivity contribution in [1.29, 1.82) is 0 Å². The summed E-state index contributed by atoms with van der Waals surface area (Å²) in [7, 11) is -1.56. The molecule has 2 N–H and O–H groups in total. The van der Waals surface area contributed by atoms with Crippen LogP contribution in [0.25, 0.3) is 0 Å². The molecule has 98 valence electrons. The Morgan fingerprint density at radius 3 is 2.78 bits per heavy atom. The van der Waals surface area contributed by atoms with E-state index in [1.807, 2.05) is 23.9 Å². The first kappa shape index (κ1) is 13.7. The molecule has 0 bridgehead atoms. The standard InChI is InChI=1S/C11H14N2O2S3/c1-12-6-10-4-11(8-17-10)18(14,15)13-5-9-2-3-16-7-9/h2-4,7-8,12-13H,5-6H2,1H3. The van der Waals surface area contributed by atoms with Gasteiger partial charge in [-0.05, 0) is 35.5 Å². The van der Waals surface area contributed by atoms with Crippen molar-refractivity contribution in [2.75, 3.05) is 7.05 Å². The first-order valence-electron chi connectivity index (χ1n) is 5.34. The fraction of sp³-hybridized carbons (Fsp3) is 0.273. The van der Waals surface area contributed by atoms with Gasteiger partial charge in [0.2, 0.25) is 10.0 Å². The van der Waals surface area contributed by atoms with Crippen molar-refractivity contribution in [3.8, 4) is 0 Å². The van der Waals surface area contributed by atoms with Crippen LogP contribution in [-0.4, -0.2) is 15.5 Å². The summed E-state index contributed by atoms with van der Waals surface area (Å²) in [5.41, 5.74) is 0.981. The number of thiophene rings is 2. The quantitative estimate of drug-likeness (QED) is 0.858. The Morgan fingerprint density at radius 1 is 1.28 bits per heavy atom. The maximum atomic E-state index is 12.0. The molecule has 0 fully saturated rings. The number of nitrogens with one attached hydrogen (secondary N) is 2. The van der Waals surface area contributed by atoms with Crippen LogP contribution < -0.4 is 10.0 Å². The lowest BCUT2D eigenvalue weighted by Gasteiger charge is -2.03. The average molecular weight is 302 g/mol. The van der Waals surface area contributed by atoms with Gasteiger partial charge in [0.25, 0.3) is 0 Å². The number of hydrogen-bond acceptors (Lipinski definition) is 5.